The first kappa shape index (κ1) is 31.8. The number of piperidine rings is 1. The summed E-state index contributed by atoms with van der Waals surface area (Å²) in [7, 11) is 0. The molecule has 2 atom stereocenters. The van der Waals surface area contributed by atoms with Crippen molar-refractivity contribution < 1.29 is 19.6 Å². The van der Waals surface area contributed by atoms with Crippen LogP contribution in [0.2, 0.25) is 0 Å². The third-order valence-corrected chi connectivity index (χ3v) is 9.42. The smallest absolute Gasteiger partial charge is 0.313 e. The fraction of sp³-hybridized carbons (Fsp3) is 0.361. The molecule has 5 rings (SSSR count). The standard InChI is InChI=1S/C36H40N4O5/c1-3-31-34(33(32(35(42)43)26(2)37-31)27-15-17-30(18-16-27)40(44)45)39(25-41)22-10-21-38-23-19-36(20-24-38,28-11-6-4-7-12-28)29-13-8-5-9-14-29/h4-9,11-18,25,32-33H,3,10,19-24H2,1-2H3,(H,42,43). The van der Waals surface area contributed by atoms with E-state index in [0.717, 1.165) is 38.9 Å². The van der Waals surface area contributed by atoms with Crippen molar-refractivity contribution >= 4 is 23.8 Å². The molecule has 9 nitrogen and oxygen atoms in total. The number of rotatable bonds is 12. The number of carboxylic acid groups (broad SMARTS) is 1. The Kier molecular flexibility index (Phi) is 9.88. The van der Waals surface area contributed by atoms with Gasteiger partial charge in [-0.15, -0.1) is 0 Å². The van der Waals surface area contributed by atoms with Crippen molar-refractivity contribution in [2.75, 3.05) is 26.2 Å². The lowest BCUT2D eigenvalue weighted by Crippen LogP contribution is -2.44. The number of nitro benzene ring substituents is 1. The van der Waals surface area contributed by atoms with Gasteiger partial charge in [0.2, 0.25) is 6.41 Å². The van der Waals surface area contributed by atoms with Gasteiger partial charge in [-0.25, -0.2) is 0 Å². The first-order chi connectivity index (χ1) is 21.8. The molecule has 0 saturated carbocycles. The molecule has 0 aliphatic carbocycles. The maximum absolute atomic E-state index is 12.6. The number of nitrogens with zero attached hydrogens (tertiary/aromatic N) is 4. The number of hydrogen-bond donors (Lipinski definition) is 1. The summed E-state index contributed by atoms with van der Waals surface area (Å²) in [6.07, 6.45) is 3.96. The van der Waals surface area contributed by atoms with Gasteiger partial charge in [-0.05, 0) is 68.9 Å². The number of likely N-dealkylation sites (tertiary alicyclic amines) is 1. The number of aliphatic carboxylic acids is 1. The molecule has 0 bridgehead atoms. The number of carbonyl (C=O) groups excluding carboxylic acids is 1. The Balaban J connectivity index is 1.33. The van der Waals surface area contributed by atoms with Gasteiger partial charge < -0.3 is 14.9 Å². The lowest BCUT2D eigenvalue weighted by Gasteiger charge is -2.43. The van der Waals surface area contributed by atoms with Crippen LogP contribution in [0.3, 0.4) is 0 Å². The Hall–Kier alpha value is -4.63. The van der Waals surface area contributed by atoms with E-state index in [1.54, 1.807) is 24.0 Å². The number of nitro groups is 1. The molecule has 2 aliphatic heterocycles. The first-order valence-electron chi connectivity index (χ1n) is 15.6. The second kappa shape index (κ2) is 14.0. The van der Waals surface area contributed by atoms with Crippen LogP contribution >= 0.6 is 0 Å². The number of hydrogen-bond acceptors (Lipinski definition) is 6. The quantitative estimate of drug-likeness (QED) is 0.144. The third kappa shape index (κ3) is 6.59. The fourth-order valence-corrected chi connectivity index (χ4v) is 7.11. The molecule has 0 aromatic heterocycles. The van der Waals surface area contributed by atoms with Crippen LogP contribution in [0.25, 0.3) is 0 Å². The van der Waals surface area contributed by atoms with E-state index in [1.165, 1.54) is 23.3 Å². The number of carbonyl (C=O) groups is 2. The van der Waals surface area contributed by atoms with Gasteiger partial charge in [-0.3, -0.25) is 24.7 Å². The number of benzene rings is 3. The molecular formula is C36H40N4O5. The Bertz CT molecular complexity index is 1520. The van der Waals surface area contributed by atoms with E-state index < -0.39 is 22.7 Å². The first-order valence-corrected chi connectivity index (χ1v) is 15.6. The molecular weight excluding hydrogens is 568 g/mol. The van der Waals surface area contributed by atoms with Gasteiger partial charge in [0, 0.05) is 35.7 Å². The molecule has 3 aromatic carbocycles. The van der Waals surface area contributed by atoms with Crippen molar-refractivity contribution in [2.24, 2.45) is 10.9 Å². The summed E-state index contributed by atoms with van der Waals surface area (Å²) in [5.41, 5.74) is 4.82. The Morgan fingerprint density at radius 1 is 1.02 bits per heavy atom. The molecule has 0 spiro atoms. The van der Waals surface area contributed by atoms with Crippen molar-refractivity contribution in [3.8, 4) is 0 Å². The molecule has 2 unspecified atom stereocenters. The van der Waals surface area contributed by atoms with E-state index >= 15 is 0 Å². The highest BCUT2D eigenvalue weighted by molar-refractivity contribution is 6.03. The summed E-state index contributed by atoms with van der Waals surface area (Å²) >= 11 is 0. The van der Waals surface area contributed by atoms with Crippen LogP contribution in [0.5, 0.6) is 0 Å². The summed E-state index contributed by atoms with van der Waals surface area (Å²) in [6, 6.07) is 27.4. The molecule has 1 N–H and O–H groups in total. The molecule has 234 valence electrons. The lowest BCUT2D eigenvalue weighted by molar-refractivity contribution is -0.384. The van der Waals surface area contributed by atoms with E-state index in [0.29, 0.717) is 42.1 Å². The molecule has 1 amide bonds. The van der Waals surface area contributed by atoms with Gasteiger partial charge in [0.1, 0.15) is 5.92 Å². The van der Waals surface area contributed by atoms with Gasteiger partial charge in [0.05, 0.1) is 16.3 Å². The maximum Gasteiger partial charge on any atom is 0.313 e. The number of carboxylic acids is 1. The predicted molar refractivity (Wildman–Crippen MR) is 174 cm³/mol. The monoisotopic (exact) mass is 608 g/mol. The van der Waals surface area contributed by atoms with Crippen molar-refractivity contribution in [3.63, 3.8) is 0 Å². The van der Waals surface area contributed by atoms with Crippen LogP contribution in [0.4, 0.5) is 5.69 Å². The van der Waals surface area contributed by atoms with Crippen molar-refractivity contribution in [2.45, 2.75) is 50.9 Å². The van der Waals surface area contributed by atoms with Gasteiger partial charge in [0.15, 0.2) is 0 Å². The minimum Gasteiger partial charge on any atom is -0.481 e. The molecule has 1 saturated heterocycles. The SMILES string of the molecule is CCC1=C(N(C=O)CCCN2CCC(c3ccccc3)(c3ccccc3)CC2)C(c2ccc([N+](=O)[O-])cc2)C(C(=O)O)C(C)=N1. The summed E-state index contributed by atoms with van der Waals surface area (Å²) in [5.74, 6) is -2.74. The molecule has 0 radical (unpaired) electrons. The van der Waals surface area contributed by atoms with Crippen LogP contribution in [-0.4, -0.2) is 64.1 Å². The lowest BCUT2D eigenvalue weighted by atomic mass is 9.68. The zero-order chi connectivity index (χ0) is 32.0. The highest BCUT2D eigenvalue weighted by Crippen LogP contribution is 2.43. The highest BCUT2D eigenvalue weighted by Gasteiger charge is 2.41. The number of non-ortho nitro benzene ring substituents is 1. The molecule has 3 aromatic rings. The zero-order valence-corrected chi connectivity index (χ0v) is 25.8. The van der Waals surface area contributed by atoms with E-state index in [-0.39, 0.29) is 11.1 Å². The number of amides is 1. The third-order valence-electron chi connectivity index (χ3n) is 9.42. The molecule has 9 heteroatoms. The van der Waals surface area contributed by atoms with Crippen molar-refractivity contribution in [3.05, 3.63) is 123 Å². The zero-order valence-electron chi connectivity index (χ0n) is 25.8. The van der Waals surface area contributed by atoms with Crippen LogP contribution in [0.1, 0.15) is 62.1 Å². The summed E-state index contributed by atoms with van der Waals surface area (Å²) < 4.78 is 0. The Morgan fingerprint density at radius 3 is 2.09 bits per heavy atom. The van der Waals surface area contributed by atoms with Gasteiger partial charge >= 0.3 is 5.97 Å². The van der Waals surface area contributed by atoms with E-state index in [4.69, 9.17) is 0 Å². The molecule has 1 fully saturated rings. The molecule has 2 heterocycles. The predicted octanol–water partition coefficient (Wildman–Crippen LogP) is 6.41. The molecule has 45 heavy (non-hydrogen) atoms. The second-order valence-corrected chi connectivity index (χ2v) is 11.9. The minimum atomic E-state index is -1.05. The topological polar surface area (TPSA) is 116 Å². The minimum absolute atomic E-state index is 0.0452. The van der Waals surface area contributed by atoms with E-state index in [9.17, 15) is 24.8 Å². The summed E-state index contributed by atoms with van der Waals surface area (Å²) in [4.78, 5) is 44.6. The van der Waals surface area contributed by atoms with Crippen LogP contribution in [-0.2, 0) is 15.0 Å². The summed E-state index contributed by atoms with van der Waals surface area (Å²) in [5, 5.41) is 21.5. The van der Waals surface area contributed by atoms with Crippen molar-refractivity contribution in [1.82, 2.24) is 9.80 Å². The largest absolute Gasteiger partial charge is 0.481 e. The van der Waals surface area contributed by atoms with E-state index in [1.807, 2.05) is 6.92 Å². The van der Waals surface area contributed by atoms with Gasteiger partial charge in [-0.2, -0.15) is 0 Å². The average Bonchev–Trinajstić information content (AvgIpc) is 3.07. The Labute approximate surface area is 264 Å². The van der Waals surface area contributed by atoms with Crippen LogP contribution < -0.4 is 0 Å². The number of allylic oxidation sites excluding steroid dienone is 2. The van der Waals surface area contributed by atoms with E-state index in [2.05, 4.69) is 70.6 Å². The highest BCUT2D eigenvalue weighted by atomic mass is 16.6. The average molecular weight is 609 g/mol. The normalized spacial score (nSPS) is 19.9. The Morgan fingerprint density at radius 2 is 1.60 bits per heavy atom. The van der Waals surface area contributed by atoms with Crippen LogP contribution in [0, 0.1) is 16.0 Å². The maximum atomic E-state index is 12.6. The second-order valence-electron chi connectivity index (χ2n) is 11.9. The molecule has 2 aliphatic rings. The van der Waals surface area contributed by atoms with Crippen LogP contribution in [0.15, 0.2) is 101 Å². The summed E-state index contributed by atoms with van der Waals surface area (Å²) in [6.45, 7) is 6.67. The number of aliphatic imine (C=N–C) groups is 1. The van der Waals surface area contributed by atoms with Gasteiger partial charge in [-0.1, -0.05) is 79.7 Å². The van der Waals surface area contributed by atoms with Gasteiger partial charge in [0.25, 0.3) is 5.69 Å². The van der Waals surface area contributed by atoms with Crippen molar-refractivity contribution in [1.29, 1.82) is 0 Å². The fourth-order valence-electron chi connectivity index (χ4n) is 7.11.